The number of likely N-dealkylation sites (tertiary alicyclic amines) is 2. The van der Waals surface area contributed by atoms with Crippen molar-refractivity contribution >= 4 is 11.6 Å². The molecule has 2 atom stereocenters. The first-order chi connectivity index (χ1) is 23.6. The van der Waals surface area contributed by atoms with Crippen LogP contribution in [0.4, 0.5) is 0 Å². The number of nitrogens with zero attached hydrogens (tertiary/aromatic N) is 2. The zero-order chi connectivity index (χ0) is 33.8. The predicted molar refractivity (Wildman–Crippen MR) is 198 cm³/mol. The average Bonchev–Trinajstić information content (AvgIpc) is 3.13. The summed E-state index contributed by atoms with van der Waals surface area (Å²) in [5.41, 5.74) is 1.57. The average molecular weight is 661 g/mol. The van der Waals surface area contributed by atoms with E-state index < -0.39 is 0 Å². The van der Waals surface area contributed by atoms with Gasteiger partial charge in [-0.25, -0.2) is 0 Å². The fraction of sp³-hybridized carbons (Fsp3) is 0.667. The first kappa shape index (κ1) is 38.1. The highest BCUT2D eigenvalue weighted by Gasteiger charge is 2.26. The van der Waals surface area contributed by atoms with Gasteiger partial charge in [0, 0.05) is 36.1 Å². The second-order valence-electron chi connectivity index (χ2n) is 14.3. The standard InChI is InChI=1S/C42H64N2O4/c1-3-5-15-31-47-39-23-19-35(20-24-39)41(45)37(33-43-27-11-7-12-28-43)17-9-10-18-38(34-44-29-13-8-14-30-44)42(46)36-21-25-40(26-22-36)48-32-16-6-4-2/h19-26,37-38H,3-18,27-34H2,1-2H3. The lowest BCUT2D eigenvalue weighted by Crippen LogP contribution is -2.37. The molecule has 2 saturated heterocycles. The maximum absolute atomic E-state index is 13.9. The van der Waals surface area contributed by atoms with Gasteiger partial charge in [-0.3, -0.25) is 9.59 Å². The molecule has 0 radical (unpaired) electrons. The van der Waals surface area contributed by atoms with Crippen molar-refractivity contribution < 1.29 is 19.1 Å². The van der Waals surface area contributed by atoms with Gasteiger partial charge < -0.3 is 19.3 Å². The summed E-state index contributed by atoms with van der Waals surface area (Å²) in [6.45, 7) is 11.8. The summed E-state index contributed by atoms with van der Waals surface area (Å²) in [5, 5.41) is 0. The van der Waals surface area contributed by atoms with Gasteiger partial charge in [-0.2, -0.15) is 0 Å². The first-order valence-corrected chi connectivity index (χ1v) is 19.6. The molecule has 4 rings (SSSR count). The van der Waals surface area contributed by atoms with E-state index in [-0.39, 0.29) is 23.4 Å². The molecule has 266 valence electrons. The molecule has 0 saturated carbocycles. The molecular formula is C42H64N2O4. The normalized spacial score (nSPS) is 17.1. The number of Topliss-reactive ketones (excluding diaryl/α,β-unsaturated/α-hetero) is 2. The monoisotopic (exact) mass is 660 g/mol. The Morgan fingerprint density at radius 3 is 1.27 bits per heavy atom. The van der Waals surface area contributed by atoms with Crippen molar-refractivity contribution in [2.24, 2.45) is 11.8 Å². The van der Waals surface area contributed by atoms with Crippen molar-refractivity contribution in [1.29, 1.82) is 0 Å². The minimum atomic E-state index is -0.0273. The van der Waals surface area contributed by atoms with Crippen molar-refractivity contribution in [3.05, 3.63) is 59.7 Å². The molecule has 0 N–H and O–H groups in total. The van der Waals surface area contributed by atoms with Crippen molar-refractivity contribution in [2.75, 3.05) is 52.5 Å². The van der Waals surface area contributed by atoms with Crippen LogP contribution < -0.4 is 9.47 Å². The Bertz CT molecular complexity index is 1080. The number of hydrogen-bond acceptors (Lipinski definition) is 6. The van der Waals surface area contributed by atoms with E-state index in [0.717, 1.165) is 114 Å². The molecule has 2 heterocycles. The summed E-state index contributed by atoms with van der Waals surface area (Å²) in [4.78, 5) is 32.8. The smallest absolute Gasteiger partial charge is 0.167 e. The number of carbonyl (C=O) groups excluding carboxylic acids is 2. The van der Waals surface area contributed by atoms with Crippen molar-refractivity contribution in [2.45, 2.75) is 117 Å². The quantitative estimate of drug-likeness (QED) is 0.0874. The Balaban J connectivity index is 1.35. The Morgan fingerprint density at radius 1 is 0.542 bits per heavy atom. The fourth-order valence-electron chi connectivity index (χ4n) is 7.29. The van der Waals surface area contributed by atoms with Crippen LogP contribution in [0.2, 0.25) is 0 Å². The van der Waals surface area contributed by atoms with Gasteiger partial charge >= 0.3 is 0 Å². The molecule has 6 nitrogen and oxygen atoms in total. The Kier molecular flexibility index (Phi) is 17.5. The van der Waals surface area contributed by atoms with Crippen LogP contribution in [0.3, 0.4) is 0 Å². The van der Waals surface area contributed by atoms with Crippen LogP contribution in [0.5, 0.6) is 11.5 Å². The van der Waals surface area contributed by atoms with Gasteiger partial charge in [0.2, 0.25) is 0 Å². The largest absolute Gasteiger partial charge is 0.494 e. The van der Waals surface area contributed by atoms with E-state index in [2.05, 4.69) is 23.6 Å². The topological polar surface area (TPSA) is 59.1 Å². The molecule has 2 aromatic rings. The molecule has 2 aromatic carbocycles. The third-order valence-electron chi connectivity index (χ3n) is 10.3. The number of unbranched alkanes of at least 4 members (excludes halogenated alkanes) is 5. The van der Waals surface area contributed by atoms with E-state index in [9.17, 15) is 9.59 Å². The summed E-state index contributed by atoms with van der Waals surface area (Å²) in [7, 11) is 0. The van der Waals surface area contributed by atoms with E-state index in [4.69, 9.17) is 9.47 Å². The number of benzene rings is 2. The van der Waals surface area contributed by atoms with Gasteiger partial charge in [-0.15, -0.1) is 0 Å². The third-order valence-corrected chi connectivity index (χ3v) is 10.3. The minimum Gasteiger partial charge on any atom is -0.494 e. The summed E-state index contributed by atoms with van der Waals surface area (Å²) in [6, 6.07) is 15.6. The maximum atomic E-state index is 13.9. The van der Waals surface area contributed by atoms with Gasteiger partial charge in [-0.1, -0.05) is 65.2 Å². The Morgan fingerprint density at radius 2 is 0.917 bits per heavy atom. The minimum absolute atomic E-state index is 0.0273. The molecule has 6 heteroatoms. The number of hydrogen-bond donors (Lipinski definition) is 0. The molecule has 2 fully saturated rings. The lowest BCUT2D eigenvalue weighted by atomic mass is 9.88. The van der Waals surface area contributed by atoms with Gasteiger partial charge in [0.05, 0.1) is 13.2 Å². The molecule has 0 spiro atoms. The van der Waals surface area contributed by atoms with Gasteiger partial charge in [-0.05, 0) is 126 Å². The van der Waals surface area contributed by atoms with Crippen LogP contribution in [0.25, 0.3) is 0 Å². The second kappa shape index (κ2) is 22.1. The van der Waals surface area contributed by atoms with E-state index in [1.807, 2.05) is 48.5 Å². The highest BCUT2D eigenvalue weighted by Crippen LogP contribution is 2.25. The van der Waals surface area contributed by atoms with Crippen LogP contribution >= 0.6 is 0 Å². The van der Waals surface area contributed by atoms with Gasteiger partial charge in [0.1, 0.15) is 11.5 Å². The molecule has 0 aromatic heterocycles. The SMILES string of the molecule is CCCCCOc1ccc(C(=O)C(CCCCC(CN2CCCCC2)C(=O)c2ccc(OCCCCC)cc2)CN2CCCCC2)cc1. The summed E-state index contributed by atoms with van der Waals surface area (Å²) in [5.74, 6) is 2.12. The van der Waals surface area contributed by atoms with Crippen LogP contribution in [0.1, 0.15) is 137 Å². The zero-order valence-electron chi connectivity index (χ0n) is 30.3. The summed E-state index contributed by atoms with van der Waals surface area (Å²) in [6.07, 6.45) is 17.9. The predicted octanol–water partition coefficient (Wildman–Crippen LogP) is 9.65. The molecule has 0 aliphatic carbocycles. The molecule has 2 aliphatic rings. The van der Waals surface area contributed by atoms with Crippen LogP contribution in [-0.2, 0) is 0 Å². The molecule has 2 unspecified atom stereocenters. The molecule has 0 bridgehead atoms. The molecule has 48 heavy (non-hydrogen) atoms. The number of ketones is 2. The van der Waals surface area contributed by atoms with Crippen LogP contribution in [0, 0.1) is 11.8 Å². The molecule has 0 amide bonds. The summed E-state index contributed by atoms with van der Waals surface area (Å²) < 4.78 is 11.8. The Labute approximate surface area is 291 Å². The van der Waals surface area contributed by atoms with Crippen LogP contribution in [0.15, 0.2) is 48.5 Å². The van der Waals surface area contributed by atoms with E-state index >= 15 is 0 Å². The van der Waals surface area contributed by atoms with Gasteiger partial charge in [0.25, 0.3) is 0 Å². The van der Waals surface area contributed by atoms with E-state index in [1.54, 1.807) is 0 Å². The van der Waals surface area contributed by atoms with Crippen LogP contribution in [-0.4, -0.2) is 73.8 Å². The van der Waals surface area contributed by atoms with Crippen molar-refractivity contribution in [1.82, 2.24) is 9.80 Å². The Hall–Kier alpha value is -2.70. The lowest BCUT2D eigenvalue weighted by Gasteiger charge is -2.31. The third kappa shape index (κ3) is 13.3. The second-order valence-corrected chi connectivity index (χ2v) is 14.3. The summed E-state index contributed by atoms with van der Waals surface area (Å²) >= 11 is 0. The number of carbonyl (C=O) groups is 2. The van der Waals surface area contributed by atoms with Crippen molar-refractivity contribution in [3.8, 4) is 11.5 Å². The highest BCUT2D eigenvalue weighted by atomic mass is 16.5. The fourth-order valence-corrected chi connectivity index (χ4v) is 7.29. The molecular weight excluding hydrogens is 596 g/mol. The highest BCUT2D eigenvalue weighted by molar-refractivity contribution is 5.98. The van der Waals surface area contributed by atoms with Gasteiger partial charge in [0.15, 0.2) is 11.6 Å². The zero-order valence-corrected chi connectivity index (χ0v) is 30.3. The number of rotatable bonds is 23. The number of ether oxygens (including phenoxy) is 2. The van der Waals surface area contributed by atoms with E-state index in [1.165, 1.54) is 64.2 Å². The van der Waals surface area contributed by atoms with E-state index in [0.29, 0.717) is 0 Å². The first-order valence-electron chi connectivity index (χ1n) is 19.6. The lowest BCUT2D eigenvalue weighted by molar-refractivity contribution is 0.0833. The van der Waals surface area contributed by atoms with Crippen molar-refractivity contribution in [3.63, 3.8) is 0 Å². The molecule has 2 aliphatic heterocycles. The number of piperidine rings is 2. The maximum Gasteiger partial charge on any atom is 0.167 e.